The molecule has 12 heteroatoms. The number of sulfonamides is 1. The van der Waals surface area contributed by atoms with E-state index in [1.165, 1.54) is 36.9 Å². The fourth-order valence-corrected chi connectivity index (χ4v) is 5.43. The lowest BCUT2D eigenvalue weighted by atomic mass is 9.99. The van der Waals surface area contributed by atoms with Crippen LogP contribution in [0.3, 0.4) is 0 Å². The number of amides is 2. The zero-order valence-electron chi connectivity index (χ0n) is 18.8. The largest absolute Gasteiger partial charge is 0.497 e. The average Bonchev–Trinajstić information content (AvgIpc) is 3.24. The van der Waals surface area contributed by atoms with Crippen molar-refractivity contribution in [2.45, 2.75) is 30.5 Å². The predicted octanol–water partition coefficient (Wildman–Crippen LogP) is 2.96. The minimum absolute atomic E-state index is 0.112. The van der Waals surface area contributed by atoms with Crippen molar-refractivity contribution in [1.82, 2.24) is 9.79 Å². The van der Waals surface area contributed by atoms with Gasteiger partial charge in [0.05, 0.1) is 12.0 Å². The number of carbonyl (C=O) groups is 2. The van der Waals surface area contributed by atoms with Crippen LogP contribution in [0, 0.1) is 6.92 Å². The maximum Gasteiger partial charge on any atom is 0.412 e. The highest BCUT2D eigenvalue weighted by Gasteiger charge is 2.49. The highest BCUT2D eigenvalue weighted by atomic mass is 32.2. The Kier molecular flexibility index (Phi) is 6.78. The summed E-state index contributed by atoms with van der Waals surface area (Å²) in [6, 6.07) is 14.0. The molecule has 1 aliphatic rings. The topological polar surface area (TPSA) is 147 Å². The van der Waals surface area contributed by atoms with Gasteiger partial charge in [0.1, 0.15) is 11.5 Å². The second-order valence-electron chi connectivity index (χ2n) is 7.71. The van der Waals surface area contributed by atoms with Gasteiger partial charge in [-0.25, -0.2) is 18.7 Å². The minimum Gasteiger partial charge on any atom is -0.497 e. The Labute approximate surface area is 201 Å². The highest BCUT2D eigenvalue weighted by Crippen LogP contribution is 2.39. The van der Waals surface area contributed by atoms with Gasteiger partial charge in [-0.05, 0) is 49.4 Å². The third-order valence-electron chi connectivity index (χ3n) is 5.45. The Hall–Kier alpha value is -3.87. The number of furan rings is 1. The molecule has 11 nitrogen and oxygen atoms in total. The number of para-hydroxylation sites is 1. The van der Waals surface area contributed by atoms with E-state index < -0.39 is 34.2 Å². The van der Waals surface area contributed by atoms with E-state index in [1.54, 1.807) is 43.3 Å². The molecule has 35 heavy (non-hydrogen) atoms. The Bertz CT molecular complexity index is 1320. The van der Waals surface area contributed by atoms with Gasteiger partial charge in [-0.2, -0.15) is 4.31 Å². The van der Waals surface area contributed by atoms with Gasteiger partial charge in [-0.1, -0.05) is 18.2 Å². The van der Waals surface area contributed by atoms with E-state index in [4.69, 9.17) is 13.9 Å². The summed E-state index contributed by atoms with van der Waals surface area (Å²) < 4.78 is 44.3. The Morgan fingerprint density at radius 1 is 1.11 bits per heavy atom. The molecule has 4 rings (SSSR count). The van der Waals surface area contributed by atoms with Gasteiger partial charge in [0.2, 0.25) is 10.0 Å². The van der Waals surface area contributed by atoms with E-state index in [9.17, 15) is 23.2 Å². The highest BCUT2D eigenvalue weighted by molar-refractivity contribution is 7.89. The number of hydrogen-bond acceptors (Lipinski definition) is 8. The lowest BCUT2D eigenvalue weighted by Crippen LogP contribution is -2.54. The molecule has 0 radical (unpaired) electrons. The molecule has 3 aromatic rings. The first-order valence-electron chi connectivity index (χ1n) is 10.5. The van der Waals surface area contributed by atoms with E-state index in [-0.39, 0.29) is 17.2 Å². The van der Waals surface area contributed by atoms with Gasteiger partial charge in [-0.3, -0.25) is 15.3 Å². The number of ether oxygens (including phenoxy) is 2. The zero-order chi connectivity index (χ0) is 25.2. The molecule has 0 aliphatic carbocycles. The third kappa shape index (κ3) is 4.85. The third-order valence-corrected chi connectivity index (χ3v) is 7.29. The SMILES string of the molecule is COc1ccc(S(=O)(=O)N2Cc3cc(C)oc3C(OC(=O)Nc3ccccc3)C2C(=O)NO)cc1. The van der Waals surface area contributed by atoms with Crippen LogP contribution in [-0.4, -0.2) is 43.1 Å². The standard InChI is InChI=1S/C23H23N3O8S/c1-14-12-15-13-26(35(30,31)18-10-8-17(32-2)9-11-18)19(22(27)25-29)21(20(15)33-14)34-23(28)24-16-6-4-3-5-7-16/h3-12,19,21,29H,13H2,1-2H3,(H,24,28)(H,25,27). The van der Waals surface area contributed by atoms with Crippen molar-refractivity contribution in [2.24, 2.45) is 0 Å². The van der Waals surface area contributed by atoms with Crippen LogP contribution in [0.5, 0.6) is 5.75 Å². The van der Waals surface area contributed by atoms with Gasteiger partial charge in [-0.15, -0.1) is 0 Å². The zero-order valence-corrected chi connectivity index (χ0v) is 19.6. The van der Waals surface area contributed by atoms with Crippen molar-refractivity contribution < 1.29 is 37.1 Å². The van der Waals surface area contributed by atoms with Crippen LogP contribution < -0.4 is 15.5 Å². The normalized spacial score (nSPS) is 17.8. The summed E-state index contributed by atoms with van der Waals surface area (Å²) >= 11 is 0. The smallest absolute Gasteiger partial charge is 0.412 e. The Morgan fingerprint density at radius 3 is 2.43 bits per heavy atom. The molecule has 0 saturated heterocycles. The fraction of sp³-hybridized carbons (Fsp3) is 0.217. The van der Waals surface area contributed by atoms with Gasteiger partial charge in [0, 0.05) is 17.8 Å². The molecule has 0 saturated carbocycles. The molecule has 184 valence electrons. The quantitative estimate of drug-likeness (QED) is 0.345. The molecule has 2 heterocycles. The molecule has 0 bridgehead atoms. The fourth-order valence-electron chi connectivity index (χ4n) is 3.86. The van der Waals surface area contributed by atoms with Crippen LogP contribution in [0.15, 0.2) is 70.0 Å². The summed E-state index contributed by atoms with van der Waals surface area (Å²) in [5.74, 6) is -0.113. The van der Waals surface area contributed by atoms with Crippen LogP contribution in [-0.2, 0) is 26.1 Å². The Balaban J connectivity index is 1.74. The molecule has 1 aliphatic heterocycles. The Morgan fingerprint density at radius 2 is 1.80 bits per heavy atom. The number of benzene rings is 2. The number of hydroxylamine groups is 1. The second-order valence-corrected chi connectivity index (χ2v) is 9.60. The number of rotatable bonds is 6. The number of anilines is 1. The molecular formula is C23H23N3O8S. The summed E-state index contributed by atoms with van der Waals surface area (Å²) in [6.45, 7) is 1.39. The van der Waals surface area contributed by atoms with E-state index >= 15 is 0 Å². The second kappa shape index (κ2) is 9.78. The van der Waals surface area contributed by atoms with E-state index in [0.717, 1.165) is 4.31 Å². The van der Waals surface area contributed by atoms with Crippen LogP contribution in [0.2, 0.25) is 0 Å². The van der Waals surface area contributed by atoms with Gasteiger partial charge in [0.25, 0.3) is 5.91 Å². The number of fused-ring (bicyclic) bond motifs is 1. The molecular weight excluding hydrogens is 478 g/mol. The van der Waals surface area contributed by atoms with Crippen molar-refractivity contribution in [1.29, 1.82) is 0 Å². The minimum atomic E-state index is -4.30. The van der Waals surface area contributed by atoms with E-state index in [2.05, 4.69) is 5.32 Å². The molecule has 0 spiro atoms. The lowest BCUT2D eigenvalue weighted by Gasteiger charge is -2.37. The first-order chi connectivity index (χ1) is 16.7. The monoisotopic (exact) mass is 501 g/mol. The molecule has 1 aromatic heterocycles. The van der Waals surface area contributed by atoms with Gasteiger partial charge < -0.3 is 13.9 Å². The maximum atomic E-state index is 13.6. The summed E-state index contributed by atoms with van der Waals surface area (Å²) in [7, 11) is -2.85. The molecule has 2 amide bonds. The van der Waals surface area contributed by atoms with Crippen molar-refractivity contribution in [2.75, 3.05) is 12.4 Å². The average molecular weight is 502 g/mol. The number of hydrogen-bond donors (Lipinski definition) is 3. The molecule has 2 atom stereocenters. The number of methoxy groups -OCH3 is 1. The van der Waals surface area contributed by atoms with Crippen LogP contribution in [0.1, 0.15) is 23.2 Å². The van der Waals surface area contributed by atoms with Crippen molar-refractivity contribution in [3.8, 4) is 5.75 Å². The summed E-state index contributed by atoms with van der Waals surface area (Å²) in [6.07, 6.45) is -2.43. The predicted molar refractivity (Wildman–Crippen MR) is 122 cm³/mol. The summed E-state index contributed by atoms with van der Waals surface area (Å²) in [5.41, 5.74) is 2.32. The van der Waals surface area contributed by atoms with Crippen molar-refractivity contribution in [3.63, 3.8) is 0 Å². The van der Waals surface area contributed by atoms with Crippen LogP contribution in [0.25, 0.3) is 0 Å². The number of carbonyl (C=O) groups excluding carboxylic acids is 2. The van der Waals surface area contributed by atoms with Gasteiger partial charge >= 0.3 is 6.09 Å². The molecule has 2 aromatic carbocycles. The number of nitrogens with zero attached hydrogens (tertiary/aromatic N) is 1. The van der Waals surface area contributed by atoms with Crippen LogP contribution in [0.4, 0.5) is 10.5 Å². The first kappa shape index (κ1) is 24.3. The maximum absolute atomic E-state index is 13.6. The lowest BCUT2D eigenvalue weighted by molar-refractivity contribution is -0.138. The van der Waals surface area contributed by atoms with Crippen LogP contribution >= 0.6 is 0 Å². The van der Waals surface area contributed by atoms with Gasteiger partial charge in [0.15, 0.2) is 17.9 Å². The molecule has 0 fully saturated rings. The van der Waals surface area contributed by atoms with Crippen molar-refractivity contribution >= 4 is 27.7 Å². The molecule has 2 unspecified atom stereocenters. The first-order valence-corrected chi connectivity index (χ1v) is 11.9. The van der Waals surface area contributed by atoms with E-state index in [0.29, 0.717) is 22.8 Å². The summed E-state index contributed by atoms with van der Waals surface area (Å²) in [4.78, 5) is 25.4. The molecule has 3 N–H and O–H groups in total. The number of nitrogens with one attached hydrogen (secondary N) is 2. The number of aryl methyl sites for hydroxylation is 1. The summed E-state index contributed by atoms with van der Waals surface area (Å²) in [5, 5.41) is 11.9. The van der Waals surface area contributed by atoms with E-state index in [1.807, 2.05) is 0 Å². The van der Waals surface area contributed by atoms with Crippen molar-refractivity contribution in [3.05, 3.63) is 77.7 Å².